The molecule has 0 atom stereocenters. The van der Waals surface area contributed by atoms with E-state index in [1.807, 2.05) is 9.44 Å². The Morgan fingerprint density at radius 2 is 0.633 bits per heavy atom. The molecule has 9 rings (SSSR count). The molecule has 54 heteroatoms. The molecule has 0 amide bonds. The zero-order chi connectivity index (χ0) is 72.9. The molecule has 0 radical (unpaired) electrons. The monoisotopic (exact) mass is 1610 g/mol. The first-order chi connectivity index (χ1) is 44.6. The molecule has 2 aliphatic heterocycles. The highest BCUT2D eigenvalue weighted by Gasteiger charge is 2.36. The standard InChI is InChI=1S/C44H46N12O30S12/c1-87(57,58)31-16-25-27(18-33(31)95(78,79)46-6-12-91(67,68)69)41-51-38-24-15-22(94(76,77)45-5-11-90(64,65)66)3-4-23(24)37(49-38)50-44-30-21-36(98(84,85)86)35(97(82,83)48-8-14-93(73,74)75)20-29(30)43(56-44)55-42-28-19-34(96(80,81)47-7-13-92(70,71)72)32(88(59,60)9-2-10-89(61,62)63)17-26(28)40(54-42)52-39(25)53-41/h3-4,15-21,45-48H,2,5-14H2,1H3,(H,61,62,63)(H,64,65,66)(H,67,68,69)(H,70,71,72)(H,73,74,75)(H,84,85,86)(H2,49,50,51,52,53,54,55,56). The van der Waals surface area contributed by atoms with Gasteiger partial charge in [-0.05, 0) is 61.0 Å². The molecule has 98 heavy (non-hydrogen) atoms. The Labute approximate surface area is 555 Å². The van der Waals surface area contributed by atoms with Gasteiger partial charge in [-0.2, -0.15) is 50.5 Å². The minimum Gasteiger partial charge on any atom is -0.324 e. The van der Waals surface area contributed by atoms with Crippen molar-refractivity contribution >= 4 is 165 Å². The zero-order valence-electron chi connectivity index (χ0n) is 48.5. The fourth-order valence-corrected chi connectivity index (χ4v) is 21.4. The summed E-state index contributed by atoms with van der Waals surface area (Å²) >= 11 is 0. The van der Waals surface area contributed by atoms with Gasteiger partial charge in [0.05, 0.1) is 49.2 Å². The third kappa shape index (κ3) is 17.3. The Kier molecular flexibility index (Phi) is 20.0. The lowest BCUT2D eigenvalue weighted by molar-refractivity contribution is 0.477. The van der Waals surface area contributed by atoms with Gasteiger partial charge in [0.2, 0.25) is 40.1 Å². The van der Waals surface area contributed by atoms with Crippen molar-refractivity contribution in [2.24, 2.45) is 0 Å². The van der Waals surface area contributed by atoms with Gasteiger partial charge in [-0.1, -0.05) is 0 Å². The fourth-order valence-electron chi connectivity index (χ4n) is 9.40. The average Bonchev–Trinajstić information content (AvgIpc) is 1.53. The minimum absolute atomic E-state index is 0.259. The average molecular weight is 1610 g/mol. The molecular formula is C44H46N12O30S12. The molecule has 12 N–H and O–H groups in total. The van der Waals surface area contributed by atoms with Crippen molar-refractivity contribution in [1.82, 2.24) is 58.8 Å². The molecule has 2 aliphatic rings. The SMILES string of the molecule is CS(=O)(=O)c1cc2c3nc4nc(nc5[nH]c(nc6nc(nc([nH]3)c2cc1S(=O)(=O)NCCS(=O)(=O)O)-c1cc(S(=O)(=O)NCCS(=O)(=O)O)ccc1-6)c1cc(S(=O)(=O)O)c(S(=O)(=O)NCCS(=O)(=O)O)cc51)-c1cc(S(=O)(=O)NCCS(=O)(=O)O)c(S(=O)(=O)CCCS(=O)(=O)O)cc1-4. The molecule has 4 aromatic carbocycles. The summed E-state index contributed by atoms with van der Waals surface area (Å²) in [6, 6.07) is 6.05. The Morgan fingerprint density at radius 1 is 0.327 bits per heavy atom. The second-order valence-corrected chi connectivity index (χ2v) is 41.1. The van der Waals surface area contributed by atoms with Crippen LogP contribution in [0.25, 0.3) is 89.7 Å². The normalized spacial score (nSPS) is 14.0. The second kappa shape index (κ2) is 26.0. The first-order valence-electron chi connectivity index (χ1n) is 26.3. The predicted molar refractivity (Wildman–Crippen MR) is 338 cm³/mol. The van der Waals surface area contributed by atoms with Gasteiger partial charge < -0.3 is 9.97 Å². The number of sulfone groups is 2. The van der Waals surface area contributed by atoms with Gasteiger partial charge in [0.15, 0.2) is 43.0 Å². The molecule has 8 bridgehead atoms. The smallest absolute Gasteiger partial charge is 0.295 e. The van der Waals surface area contributed by atoms with Gasteiger partial charge in [0.1, 0.15) is 42.2 Å². The van der Waals surface area contributed by atoms with Crippen LogP contribution in [0.4, 0.5) is 0 Å². The molecular weight excluding hydrogens is 1560 g/mol. The maximum Gasteiger partial charge on any atom is 0.295 e. The third-order valence-electron chi connectivity index (χ3n) is 13.6. The first kappa shape index (κ1) is 75.4. The number of nitrogens with zero attached hydrogens (tertiary/aromatic N) is 6. The zero-order valence-corrected chi connectivity index (χ0v) is 58.3. The number of nitrogens with one attached hydrogen (secondary N) is 6. The largest absolute Gasteiger partial charge is 0.324 e. The number of sulfonamides is 4. The van der Waals surface area contributed by atoms with Crippen LogP contribution in [-0.2, 0) is 120 Å². The highest BCUT2D eigenvalue weighted by atomic mass is 32.3. The van der Waals surface area contributed by atoms with E-state index in [4.69, 9.17) is 0 Å². The Hall–Kier alpha value is -6.76. The molecule has 0 spiro atoms. The third-order valence-corrected chi connectivity index (χ3v) is 27.5. The molecule has 534 valence electrons. The van der Waals surface area contributed by atoms with Crippen molar-refractivity contribution in [1.29, 1.82) is 0 Å². The van der Waals surface area contributed by atoms with E-state index in [1.165, 1.54) is 0 Å². The summed E-state index contributed by atoms with van der Waals surface area (Å²) in [5.74, 6) is -10.6. The highest BCUT2D eigenvalue weighted by Crippen LogP contribution is 2.42. The van der Waals surface area contributed by atoms with E-state index in [0.29, 0.717) is 42.7 Å². The number of hydrogen-bond acceptors (Lipinski definition) is 30. The van der Waals surface area contributed by atoms with Crippen LogP contribution in [0.2, 0.25) is 0 Å². The highest BCUT2D eigenvalue weighted by molar-refractivity contribution is 7.94. The summed E-state index contributed by atoms with van der Waals surface area (Å²) in [4.78, 5) is 23.7. The van der Waals surface area contributed by atoms with E-state index < -0.39 is 300 Å². The molecule has 3 aromatic heterocycles. The van der Waals surface area contributed by atoms with Gasteiger partial charge in [-0.15, -0.1) is 0 Å². The number of benzene rings is 4. The van der Waals surface area contributed by atoms with Gasteiger partial charge in [0.25, 0.3) is 60.7 Å². The van der Waals surface area contributed by atoms with Gasteiger partial charge >= 0.3 is 0 Å². The van der Waals surface area contributed by atoms with Crippen LogP contribution in [0.15, 0.2) is 88.9 Å². The van der Waals surface area contributed by atoms with Gasteiger partial charge in [-0.25, -0.2) is 99.3 Å². The Bertz CT molecular complexity index is 6200. The Balaban J connectivity index is 1.51. The van der Waals surface area contributed by atoms with Crippen LogP contribution in [0.3, 0.4) is 0 Å². The summed E-state index contributed by atoms with van der Waals surface area (Å²) in [6.45, 7) is -4.35. The lowest BCUT2D eigenvalue weighted by Gasteiger charge is -2.14. The minimum atomic E-state index is -5.78. The first-order valence-corrected chi connectivity index (χ1v) is 45.2. The maximum atomic E-state index is 14.5. The summed E-state index contributed by atoms with van der Waals surface area (Å²) in [5, 5.41) is -2.25. The number of rotatable bonds is 27. The molecule has 0 aliphatic carbocycles. The number of aromatic amines is 2. The van der Waals surface area contributed by atoms with Crippen LogP contribution in [0.1, 0.15) is 6.42 Å². The van der Waals surface area contributed by atoms with Crippen molar-refractivity contribution < 1.29 is 128 Å². The van der Waals surface area contributed by atoms with Crippen LogP contribution in [0.5, 0.6) is 0 Å². The van der Waals surface area contributed by atoms with E-state index in [0.717, 1.165) is 18.2 Å². The van der Waals surface area contributed by atoms with E-state index in [1.54, 1.807) is 9.44 Å². The van der Waals surface area contributed by atoms with E-state index in [-0.39, 0.29) is 11.1 Å². The fraction of sp³-hybridized carbons (Fsp3) is 0.273. The summed E-state index contributed by atoms with van der Waals surface area (Å²) < 4.78 is 377. The van der Waals surface area contributed by atoms with E-state index in [2.05, 4.69) is 39.9 Å². The molecule has 0 saturated carbocycles. The molecule has 7 aromatic rings. The quantitative estimate of drug-likeness (QED) is 0.0232. The predicted octanol–water partition coefficient (Wildman–Crippen LogP) is -2.76. The van der Waals surface area contributed by atoms with Crippen molar-refractivity contribution in [3.63, 3.8) is 0 Å². The van der Waals surface area contributed by atoms with E-state index in [9.17, 15) is 128 Å². The van der Waals surface area contributed by atoms with Gasteiger partial charge in [0, 0.05) is 76.2 Å². The van der Waals surface area contributed by atoms with Crippen molar-refractivity contribution in [3.8, 4) is 45.6 Å². The molecule has 0 saturated heterocycles. The Morgan fingerprint density at radius 3 is 0.990 bits per heavy atom. The molecule has 5 heterocycles. The lowest BCUT2D eigenvalue weighted by atomic mass is 10.1. The summed E-state index contributed by atoms with van der Waals surface area (Å²) in [6.07, 6.45) is -0.446. The lowest BCUT2D eigenvalue weighted by Crippen LogP contribution is -2.30. The molecule has 0 unspecified atom stereocenters. The van der Waals surface area contributed by atoms with Crippen LogP contribution in [-0.4, -0.2) is 235 Å². The van der Waals surface area contributed by atoms with Crippen LogP contribution in [0, 0.1) is 0 Å². The van der Waals surface area contributed by atoms with Crippen LogP contribution >= 0.6 is 0 Å². The maximum absolute atomic E-state index is 14.5. The molecule has 42 nitrogen and oxygen atoms in total. The van der Waals surface area contributed by atoms with Crippen molar-refractivity contribution in [2.75, 3.05) is 67.0 Å². The number of hydrogen-bond donors (Lipinski definition) is 12. The topological polar surface area (TPSA) is 688 Å². The number of fused-ring (bicyclic) bond motifs is 20. The number of aromatic nitrogens is 8. The second-order valence-electron chi connectivity index (χ2n) is 20.8. The number of H-pyrrole nitrogens is 2. The van der Waals surface area contributed by atoms with Gasteiger partial charge in [-0.3, -0.25) is 27.3 Å². The van der Waals surface area contributed by atoms with Crippen molar-refractivity contribution in [2.45, 2.75) is 40.7 Å². The van der Waals surface area contributed by atoms with Crippen LogP contribution < -0.4 is 18.9 Å². The molecule has 0 fully saturated rings. The summed E-state index contributed by atoms with van der Waals surface area (Å²) in [7, 11) is -61.3. The summed E-state index contributed by atoms with van der Waals surface area (Å²) in [5.41, 5.74) is -4.76. The van der Waals surface area contributed by atoms with E-state index >= 15 is 0 Å². The van der Waals surface area contributed by atoms with Crippen molar-refractivity contribution in [3.05, 3.63) is 54.6 Å².